The summed E-state index contributed by atoms with van der Waals surface area (Å²) < 4.78 is 2.21. The molecule has 7 nitrogen and oxygen atoms in total. The van der Waals surface area contributed by atoms with Crippen molar-refractivity contribution in [3.63, 3.8) is 0 Å². The monoisotopic (exact) mass is 341 g/mol. The number of fused-ring (bicyclic) bond motifs is 3. The van der Waals surface area contributed by atoms with Crippen LogP contribution in [0.15, 0.2) is 55.0 Å². The lowest BCUT2D eigenvalue weighted by molar-refractivity contribution is -0.134. The Hall–Kier alpha value is -3.19. The highest BCUT2D eigenvalue weighted by Gasteiger charge is 2.06. The number of nitrogens with zero attached hydrogens (tertiary/aromatic N) is 2. The number of hydrogen-bond acceptors (Lipinski definition) is 4. The van der Waals surface area contributed by atoms with Gasteiger partial charge in [-0.3, -0.25) is 4.98 Å². The van der Waals surface area contributed by atoms with Gasteiger partial charge in [-0.25, -0.2) is 9.59 Å². The number of hydrogen-bond donors (Lipinski definition) is 3. The van der Waals surface area contributed by atoms with Gasteiger partial charge in [-0.2, -0.15) is 0 Å². The molecule has 25 heavy (non-hydrogen) atoms. The van der Waals surface area contributed by atoms with Gasteiger partial charge >= 0.3 is 11.9 Å². The van der Waals surface area contributed by atoms with E-state index in [1.54, 1.807) is 0 Å². The Morgan fingerprint density at radius 2 is 1.80 bits per heavy atom. The number of carboxylic acids is 2. The van der Waals surface area contributed by atoms with Crippen LogP contribution < -0.4 is 5.73 Å². The highest BCUT2D eigenvalue weighted by molar-refractivity contribution is 6.05. The van der Waals surface area contributed by atoms with Crippen molar-refractivity contribution in [3.05, 3.63) is 55.0 Å². The van der Waals surface area contributed by atoms with Crippen LogP contribution in [-0.4, -0.2) is 37.7 Å². The maximum Gasteiger partial charge on any atom is 0.328 e. The normalized spacial score (nSPS) is 12.1. The Morgan fingerprint density at radius 1 is 1.16 bits per heavy atom. The molecule has 130 valence electrons. The molecule has 0 aliphatic carbocycles. The van der Waals surface area contributed by atoms with Crippen LogP contribution in [0.2, 0.25) is 0 Å². The lowest BCUT2D eigenvalue weighted by atomic mass is 10.1. The van der Waals surface area contributed by atoms with Gasteiger partial charge in [0.05, 0.1) is 5.52 Å². The lowest BCUT2D eigenvalue weighted by Crippen LogP contribution is -2.21. The molecule has 4 N–H and O–H groups in total. The zero-order valence-corrected chi connectivity index (χ0v) is 13.7. The second-order valence-electron chi connectivity index (χ2n) is 5.56. The predicted molar refractivity (Wildman–Crippen MR) is 95.3 cm³/mol. The van der Waals surface area contributed by atoms with Crippen molar-refractivity contribution in [2.45, 2.75) is 19.5 Å². The van der Waals surface area contributed by atoms with E-state index in [0.29, 0.717) is 12.2 Å². The fourth-order valence-electron chi connectivity index (χ4n) is 2.47. The highest BCUT2D eigenvalue weighted by Crippen LogP contribution is 2.25. The van der Waals surface area contributed by atoms with Gasteiger partial charge in [-0.15, -0.1) is 0 Å². The van der Waals surface area contributed by atoms with Crippen LogP contribution in [0.1, 0.15) is 6.92 Å². The van der Waals surface area contributed by atoms with Crippen LogP contribution in [0.25, 0.3) is 21.7 Å². The largest absolute Gasteiger partial charge is 0.478 e. The molecule has 0 fully saturated rings. The van der Waals surface area contributed by atoms with Gasteiger partial charge < -0.3 is 20.5 Å². The number of aliphatic carboxylic acids is 2. The minimum atomic E-state index is -1.26. The average molecular weight is 341 g/mol. The molecule has 0 spiro atoms. The summed E-state index contributed by atoms with van der Waals surface area (Å²) in [5.41, 5.74) is 7.11. The van der Waals surface area contributed by atoms with Gasteiger partial charge in [-0.1, -0.05) is 12.1 Å². The van der Waals surface area contributed by atoms with E-state index in [0.717, 1.165) is 6.54 Å². The van der Waals surface area contributed by atoms with E-state index >= 15 is 0 Å². The van der Waals surface area contributed by atoms with Gasteiger partial charge in [0.15, 0.2) is 0 Å². The molecule has 1 atom stereocenters. The quantitative estimate of drug-likeness (QED) is 0.626. The minimum absolute atomic E-state index is 0.150. The van der Waals surface area contributed by atoms with Crippen LogP contribution in [0.4, 0.5) is 0 Å². The highest BCUT2D eigenvalue weighted by atomic mass is 16.4. The van der Waals surface area contributed by atoms with Gasteiger partial charge in [0.2, 0.25) is 0 Å². The summed E-state index contributed by atoms with van der Waals surface area (Å²) in [4.78, 5) is 23.3. The number of aromatic nitrogens is 2. The van der Waals surface area contributed by atoms with E-state index in [-0.39, 0.29) is 6.04 Å². The molecule has 1 aromatic carbocycles. The van der Waals surface area contributed by atoms with Gasteiger partial charge in [0.1, 0.15) is 0 Å². The average Bonchev–Trinajstić information content (AvgIpc) is 2.96. The Morgan fingerprint density at radius 3 is 2.40 bits per heavy atom. The molecule has 0 bridgehead atoms. The van der Waals surface area contributed by atoms with Crippen LogP contribution >= 0.6 is 0 Å². The lowest BCUT2D eigenvalue weighted by Gasteiger charge is -2.10. The van der Waals surface area contributed by atoms with Crippen LogP contribution in [-0.2, 0) is 16.1 Å². The third kappa shape index (κ3) is 4.89. The molecule has 0 radical (unpaired) electrons. The third-order valence-electron chi connectivity index (χ3n) is 3.40. The number of carbonyl (C=O) groups is 2. The van der Waals surface area contributed by atoms with Crippen molar-refractivity contribution in [1.29, 1.82) is 0 Å². The van der Waals surface area contributed by atoms with E-state index in [2.05, 4.69) is 33.9 Å². The Balaban J connectivity index is 0.000000242. The van der Waals surface area contributed by atoms with E-state index in [1.807, 2.05) is 25.4 Å². The van der Waals surface area contributed by atoms with Gasteiger partial charge in [0.25, 0.3) is 0 Å². The molecule has 0 saturated carbocycles. The first kappa shape index (κ1) is 18.2. The van der Waals surface area contributed by atoms with E-state index in [1.165, 1.54) is 21.7 Å². The topological polar surface area (TPSA) is 118 Å². The molecular weight excluding hydrogens is 322 g/mol. The first-order valence-corrected chi connectivity index (χ1v) is 7.59. The number of rotatable bonds is 4. The standard InChI is InChI=1S/C14H15N3.C4H4O4/c1-10(15)9-17-7-5-12-3-2-11-4-6-16-8-13(11)14(12)17;5-3(6)1-2-4(7)8/h2-8,10H,9,15H2,1H3;1-2H,(H,5,6)(H,7,8)/b;2-1+/t10-;/m0./s1. The van der Waals surface area contributed by atoms with Crippen molar-refractivity contribution < 1.29 is 19.8 Å². The fourth-order valence-corrected chi connectivity index (χ4v) is 2.47. The first-order chi connectivity index (χ1) is 11.9. The molecule has 0 amide bonds. The summed E-state index contributed by atoms with van der Waals surface area (Å²) in [5.74, 6) is -2.51. The van der Waals surface area contributed by atoms with Crippen LogP contribution in [0, 0.1) is 0 Å². The zero-order valence-electron chi connectivity index (χ0n) is 13.7. The van der Waals surface area contributed by atoms with Crippen LogP contribution in [0.3, 0.4) is 0 Å². The number of carboxylic acid groups (broad SMARTS) is 2. The molecular formula is C18H19N3O4. The molecule has 7 heteroatoms. The predicted octanol–water partition coefficient (Wildman–Crippen LogP) is 2.25. The van der Waals surface area contributed by atoms with E-state index < -0.39 is 11.9 Å². The summed E-state index contributed by atoms with van der Waals surface area (Å²) in [7, 11) is 0. The Bertz CT molecular complexity index is 912. The molecule has 2 heterocycles. The maximum absolute atomic E-state index is 9.55. The summed E-state index contributed by atoms with van der Waals surface area (Å²) in [6.07, 6.45) is 6.97. The van der Waals surface area contributed by atoms with Crippen LogP contribution in [0.5, 0.6) is 0 Å². The Kier molecular flexibility index (Phi) is 5.86. The molecule has 0 aliphatic rings. The zero-order chi connectivity index (χ0) is 18.4. The molecule has 3 rings (SSSR count). The number of pyridine rings is 1. The smallest absolute Gasteiger partial charge is 0.328 e. The van der Waals surface area contributed by atoms with Crippen molar-refractivity contribution in [3.8, 4) is 0 Å². The number of nitrogens with two attached hydrogens (primary N) is 1. The number of benzene rings is 1. The van der Waals surface area contributed by atoms with Crippen molar-refractivity contribution >= 4 is 33.6 Å². The summed E-state index contributed by atoms with van der Waals surface area (Å²) >= 11 is 0. The Labute approximate surface area is 144 Å². The molecule has 0 unspecified atom stereocenters. The maximum atomic E-state index is 9.55. The minimum Gasteiger partial charge on any atom is -0.478 e. The molecule has 3 aromatic rings. The second-order valence-corrected chi connectivity index (χ2v) is 5.56. The van der Waals surface area contributed by atoms with E-state index in [9.17, 15) is 9.59 Å². The molecule has 0 aliphatic heterocycles. The second kappa shape index (κ2) is 8.07. The SMILES string of the molecule is C[C@H](N)Cn1ccc2ccc3ccncc3c21.O=C(O)/C=C/C(=O)O. The van der Waals surface area contributed by atoms with Crippen molar-refractivity contribution in [1.82, 2.24) is 9.55 Å². The third-order valence-corrected chi connectivity index (χ3v) is 3.40. The first-order valence-electron chi connectivity index (χ1n) is 7.59. The molecule has 0 saturated heterocycles. The fraction of sp³-hybridized carbons (Fsp3) is 0.167. The van der Waals surface area contributed by atoms with Crippen molar-refractivity contribution in [2.75, 3.05) is 0 Å². The van der Waals surface area contributed by atoms with E-state index in [4.69, 9.17) is 15.9 Å². The summed E-state index contributed by atoms with van der Waals surface area (Å²) in [6, 6.07) is 8.60. The van der Waals surface area contributed by atoms with Crippen molar-refractivity contribution in [2.24, 2.45) is 5.73 Å². The van der Waals surface area contributed by atoms with Gasteiger partial charge in [0, 0.05) is 54.1 Å². The summed E-state index contributed by atoms with van der Waals surface area (Å²) in [5, 5.41) is 19.3. The molecule has 2 aromatic heterocycles. The summed E-state index contributed by atoms with van der Waals surface area (Å²) in [6.45, 7) is 2.85. The van der Waals surface area contributed by atoms with Gasteiger partial charge in [-0.05, 0) is 24.4 Å².